The Bertz CT molecular complexity index is 142. The number of thioether (sulfide) groups is 1. The van der Waals surface area contributed by atoms with Crippen LogP contribution in [0.25, 0.3) is 0 Å². The van der Waals surface area contributed by atoms with Crippen LogP contribution in [0, 0.1) is 5.92 Å². The fourth-order valence-electron chi connectivity index (χ4n) is 2.15. The van der Waals surface area contributed by atoms with Crippen molar-refractivity contribution >= 4 is 11.8 Å². The van der Waals surface area contributed by atoms with Crippen LogP contribution in [-0.4, -0.2) is 16.7 Å². The summed E-state index contributed by atoms with van der Waals surface area (Å²) in [6.45, 7) is 4.61. The number of hydrogen-bond donors (Lipinski definition) is 1. The molecule has 1 saturated carbocycles. The maximum absolute atomic E-state index is 3.58. The molecule has 3 unspecified atom stereocenters. The zero-order valence-corrected chi connectivity index (χ0v) is 8.16. The fourth-order valence-corrected chi connectivity index (χ4v) is 3.72. The SMILES string of the molecule is CC1NC(C)C(C2CCC2)S1. The Morgan fingerprint density at radius 1 is 1.27 bits per heavy atom. The van der Waals surface area contributed by atoms with E-state index >= 15 is 0 Å². The summed E-state index contributed by atoms with van der Waals surface area (Å²) in [7, 11) is 0. The molecule has 11 heavy (non-hydrogen) atoms. The zero-order valence-electron chi connectivity index (χ0n) is 7.34. The molecule has 1 nitrogen and oxygen atoms in total. The largest absolute Gasteiger partial charge is 0.302 e. The third-order valence-corrected chi connectivity index (χ3v) is 4.62. The Balaban J connectivity index is 1.92. The van der Waals surface area contributed by atoms with E-state index in [0.717, 1.165) is 17.2 Å². The highest BCUT2D eigenvalue weighted by molar-refractivity contribution is 8.00. The van der Waals surface area contributed by atoms with Crippen LogP contribution in [0.15, 0.2) is 0 Å². The maximum Gasteiger partial charge on any atom is 0.0509 e. The molecule has 0 spiro atoms. The van der Waals surface area contributed by atoms with E-state index in [0.29, 0.717) is 5.37 Å². The Morgan fingerprint density at radius 2 is 2.00 bits per heavy atom. The molecule has 1 saturated heterocycles. The van der Waals surface area contributed by atoms with Crippen LogP contribution in [0.4, 0.5) is 0 Å². The highest BCUT2D eigenvalue weighted by Crippen LogP contribution is 2.41. The summed E-state index contributed by atoms with van der Waals surface area (Å²) in [5, 5.41) is 5.18. The van der Waals surface area contributed by atoms with Gasteiger partial charge in [-0.25, -0.2) is 0 Å². The van der Waals surface area contributed by atoms with Crippen molar-refractivity contribution in [3.05, 3.63) is 0 Å². The van der Waals surface area contributed by atoms with Gasteiger partial charge in [0.1, 0.15) is 0 Å². The third-order valence-electron chi connectivity index (χ3n) is 2.97. The molecule has 0 bridgehead atoms. The minimum Gasteiger partial charge on any atom is -0.302 e. The molecule has 64 valence electrons. The van der Waals surface area contributed by atoms with E-state index in [1.165, 1.54) is 19.3 Å². The number of rotatable bonds is 1. The Kier molecular flexibility index (Phi) is 2.15. The van der Waals surface area contributed by atoms with Crippen LogP contribution in [0.3, 0.4) is 0 Å². The average molecular weight is 171 g/mol. The van der Waals surface area contributed by atoms with Crippen molar-refractivity contribution in [1.29, 1.82) is 0 Å². The van der Waals surface area contributed by atoms with Crippen molar-refractivity contribution in [3.8, 4) is 0 Å². The molecular formula is C9H17NS. The molecule has 1 aliphatic carbocycles. The first-order valence-corrected chi connectivity index (χ1v) is 5.63. The van der Waals surface area contributed by atoms with E-state index in [9.17, 15) is 0 Å². The molecule has 2 heteroatoms. The molecule has 0 aromatic carbocycles. The molecule has 1 N–H and O–H groups in total. The van der Waals surface area contributed by atoms with Crippen LogP contribution in [-0.2, 0) is 0 Å². The zero-order chi connectivity index (χ0) is 7.84. The van der Waals surface area contributed by atoms with Crippen molar-refractivity contribution < 1.29 is 0 Å². The molecule has 0 amide bonds. The quantitative estimate of drug-likeness (QED) is 0.649. The molecule has 0 radical (unpaired) electrons. The first kappa shape index (κ1) is 7.93. The van der Waals surface area contributed by atoms with Gasteiger partial charge in [0, 0.05) is 11.3 Å². The molecule has 3 atom stereocenters. The van der Waals surface area contributed by atoms with E-state index in [4.69, 9.17) is 0 Å². The van der Waals surface area contributed by atoms with Gasteiger partial charge in [0.05, 0.1) is 5.37 Å². The van der Waals surface area contributed by atoms with E-state index in [-0.39, 0.29) is 0 Å². The van der Waals surface area contributed by atoms with Gasteiger partial charge in [0.2, 0.25) is 0 Å². The summed E-state index contributed by atoms with van der Waals surface area (Å²) in [4.78, 5) is 0. The van der Waals surface area contributed by atoms with Crippen molar-refractivity contribution in [1.82, 2.24) is 5.32 Å². The second-order valence-electron chi connectivity index (χ2n) is 3.89. The second-order valence-corrected chi connectivity index (χ2v) is 5.41. The van der Waals surface area contributed by atoms with Gasteiger partial charge in [-0.2, -0.15) is 0 Å². The first-order valence-electron chi connectivity index (χ1n) is 4.69. The van der Waals surface area contributed by atoms with Crippen LogP contribution in [0.2, 0.25) is 0 Å². The lowest BCUT2D eigenvalue weighted by Gasteiger charge is -2.32. The summed E-state index contributed by atoms with van der Waals surface area (Å²) < 4.78 is 0. The van der Waals surface area contributed by atoms with E-state index in [1.54, 1.807) is 0 Å². The van der Waals surface area contributed by atoms with Crippen LogP contribution in [0.1, 0.15) is 33.1 Å². The maximum atomic E-state index is 3.58. The number of nitrogens with one attached hydrogen (secondary N) is 1. The molecule has 2 fully saturated rings. The van der Waals surface area contributed by atoms with Crippen molar-refractivity contribution in [3.63, 3.8) is 0 Å². The highest BCUT2D eigenvalue weighted by atomic mass is 32.2. The van der Waals surface area contributed by atoms with E-state index in [1.807, 2.05) is 0 Å². The van der Waals surface area contributed by atoms with Crippen molar-refractivity contribution in [2.24, 2.45) is 5.92 Å². The predicted molar refractivity (Wildman–Crippen MR) is 50.8 cm³/mol. The Hall–Kier alpha value is 0.310. The van der Waals surface area contributed by atoms with E-state index < -0.39 is 0 Å². The van der Waals surface area contributed by atoms with Crippen LogP contribution >= 0.6 is 11.8 Å². The predicted octanol–water partition coefficient (Wildman–Crippen LogP) is 2.23. The molecule has 1 aliphatic heterocycles. The van der Waals surface area contributed by atoms with Gasteiger partial charge in [-0.15, -0.1) is 11.8 Å². The lowest BCUT2D eigenvalue weighted by Crippen LogP contribution is -2.35. The summed E-state index contributed by atoms with van der Waals surface area (Å²) in [6.07, 6.45) is 4.44. The van der Waals surface area contributed by atoms with Gasteiger partial charge in [0.15, 0.2) is 0 Å². The summed E-state index contributed by atoms with van der Waals surface area (Å²) in [5.74, 6) is 1.03. The van der Waals surface area contributed by atoms with Crippen LogP contribution in [0.5, 0.6) is 0 Å². The minimum atomic E-state index is 0.690. The summed E-state index contributed by atoms with van der Waals surface area (Å²) >= 11 is 2.15. The third kappa shape index (κ3) is 1.43. The smallest absolute Gasteiger partial charge is 0.0509 e. The van der Waals surface area contributed by atoms with Gasteiger partial charge in [-0.3, -0.25) is 0 Å². The van der Waals surface area contributed by atoms with Crippen molar-refractivity contribution in [2.45, 2.75) is 49.8 Å². The molecule has 2 rings (SSSR count). The van der Waals surface area contributed by atoms with Gasteiger partial charge < -0.3 is 5.32 Å². The highest BCUT2D eigenvalue weighted by Gasteiger charge is 2.37. The second kappa shape index (κ2) is 2.98. The minimum absolute atomic E-state index is 0.690. The first-order chi connectivity index (χ1) is 5.27. The van der Waals surface area contributed by atoms with Crippen molar-refractivity contribution in [2.75, 3.05) is 0 Å². The van der Waals surface area contributed by atoms with Gasteiger partial charge in [-0.05, 0) is 32.6 Å². The molecular weight excluding hydrogens is 154 g/mol. The summed E-state index contributed by atoms with van der Waals surface area (Å²) in [6, 6.07) is 0.750. The molecule has 0 aromatic heterocycles. The van der Waals surface area contributed by atoms with Gasteiger partial charge in [-0.1, -0.05) is 6.42 Å². The Morgan fingerprint density at radius 3 is 2.36 bits per heavy atom. The monoisotopic (exact) mass is 171 g/mol. The molecule has 0 aromatic rings. The van der Waals surface area contributed by atoms with Gasteiger partial charge in [0.25, 0.3) is 0 Å². The average Bonchev–Trinajstić information content (AvgIpc) is 2.07. The van der Waals surface area contributed by atoms with Crippen LogP contribution < -0.4 is 5.32 Å². The lowest BCUT2D eigenvalue weighted by atomic mass is 9.81. The fraction of sp³-hybridized carbons (Fsp3) is 1.00. The number of hydrogen-bond acceptors (Lipinski definition) is 2. The normalized spacial score (nSPS) is 45.8. The lowest BCUT2D eigenvalue weighted by molar-refractivity contribution is 0.285. The summed E-state index contributed by atoms with van der Waals surface area (Å²) in [5.41, 5.74) is 0. The molecule has 1 heterocycles. The Labute approximate surface area is 73.3 Å². The van der Waals surface area contributed by atoms with Gasteiger partial charge >= 0.3 is 0 Å². The van der Waals surface area contributed by atoms with E-state index in [2.05, 4.69) is 30.9 Å². The molecule has 2 aliphatic rings. The standard InChI is InChI=1S/C9H17NS/c1-6-9(8-4-3-5-8)11-7(2)10-6/h6-10H,3-5H2,1-2H3. The topological polar surface area (TPSA) is 12.0 Å².